The van der Waals surface area contributed by atoms with E-state index in [9.17, 15) is 9.18 Å². The lowest BCUT2D eigenvalue weighted by Crippen LogP contribution is -2.12. The van der Waals surface area contributed by atoms with Crippen LogP contribution in [0.15, 0.2) is 42.5 Å². The van der Waals surface area contributed by atoms with Crippen molar-refractivity contribution < 1.29 is 9.18 Å². The van der Waals surface area contributed by atoms with Gasteiger partial charge in [0.2, 0.25) is 5.91 Å². The third-order valence-electron chi connectivity index (χ3n) is 3.15. The van der Waals surface area contributed by atoms with Gasteiger partial charge < -0.3 is 11.1 Å². The van der Waals surface area contributed by atoms with E-state index in [0.717, 1.165) is 12.1 Å². The maximum absolute atomic E-state index is 13.7. The van der Waals surface area contributed by atoms with E-state index in [1.807, 2.05) is 24.3 Å². The zero-order chi connectivity index (χ0) is 14.5. The molecule has 0 spiro atoms. The Labute approximate surface area is 117 Å². The fraction of sp³-hybridized carbons (Fsp3) is 0.188. The summed E-state index contributed by atoms with van der Waals surface area (Å²) in [6, 6.07) is 12.1. The van der Waals surface area contributed by atoms with Crippen LogP contribution in [0.5, 0.6) is 0 Å². The molecule has 0 unspecified atom stereocenters. The second-order valence-corrected chi connectivity index (χ2v) is 4.58. The molecule has 20 heavy (non-hydrogen) atoms. The minimum atomic E-state index is -0.556. The van der Waals surface area contributed by atoms with Gasteiger partial charge in [0.15, 0.2) is 0 Å². The number of amides is 1. The largest absolute Gasteiger partial charge is 0.381 e. The number of primary amides is 1. The standard InChI is InChI=1S/C16H17FN2O/c1-2-11-4-3-5-14(8-11)19-10-13-9-12(16(18)20)6-7-15(13)17/h3-9,19H,2,10H2,1H3,(H2,18,20). The first-order chi connectivity index (χ1) is 9.60. The molecule has 0 radical (unpaired) electrons. The minimum absolute atomic E-state index is 0.306. The van der Waals surface area contributed by atoms with E-state index in [1.54, 1.807) is 0 Å². The predicted octanol–water partition coefficient (Wildman–Crippen LogP) is 3.10. The molecule has 2 rings (SSSR count). The molecule has 0 atom stereocenters. The van der Waals surface area contributed by atoms with Crippen LogP contribution in [0, 0.1) is 5.82 Å². The van der Waals surface area contributed by atoms with Gasteiger partial charge in [-0.15, -0.1) is 0 Å². The molecule has 3 nitrogen and oxygen atoms in total. The van der Waals surface area contributed by atoms with Gasteiger partial charge in [-0.3, -0.25) is 4.79 Å². The van der Waals surface area contributed by atoms with E-state index in [4.69, 9.17) is 5.73 Å². The van der Waals surface area contributed by atoms with Crippen molar-refractivity contribution in [2.45, 2.75) is 19.9 Å². The van der Waals surface area contributed by atoms with Crippen LogP contribution in [-0.2, 0) is 13.0 Å². The van der Waals surface area contributed by atoms with Crippen LogP contribution in [0.1, 0.15) is 28.4 Å². The predicted molar refractivity (Wildman–Crippen MR) is 78.1 cm³/mol. The van der Waals surface area contributed by atoms with Crippen molar-refractivity contribution in [3.63, 3.8) is 0 Å². The molecular formula is C16H17FN2O. The van der Waals surface area contributed by atoms with E-state index >= 15 is 0 Å². The summed E-state index contributed by atoms with van der Waals surface area (Å²) in [6.07, 6.45) is 0.945. The van der Waals surface area contributed by atoms with Crippen molar-refractivity contribution >= 4 is 11.6 Å². The molecule has 0 aliphatic carbocycles. The number of nitrogens with one attached hydrogen (secondary N) is 1. The summed E-state index contributed by atoms with van der Waals surface area (Å²) in [6.45, 7) is 2.38. The Kier molecular flexibility index (Phi) is 4.35. The average Bonchev–Trinajstić information content (AvgIpc) is 2.46. The van der Waals surface area contributed by atoms with Crippen molar-refractivity contribution in [3.8, 4) is 0 Å². The van der Waals surface area contributed by atoms with Gasteiger partial charge in [0.1, 0.15) is 5.82 Å². The summed E-state index contributed by atoms with van der Waals surface area (Å²) in [7, 11) is 0. The van der Waals surface area contributed by atoms with Gasteiger partial charge in [-0.2, -0.15) is 0 Å². The maximum Gasteiger partial charge on any atom is 0.248 e. The van der Waals surface area contributed by atoms with Gasteiger partial charge in [0.25, 0.3) is 0 Å². The summed E-state index contributed by atoms with van der Waals surface area (Å²) in [5.41, 5.74) is 8.06. The van der Waals surface area contributed by atoms with Crippen LogP contribution < -0.4 is 11.1 Å². The summed E-state index contributed by atoms with van der Waals surface area (Å²) in [5.74, 6) is -0.909. The number of hydrogen-bond donors (Lipinski definition) is 2. The van der Waals surface area contributed by atoms with Crippen molar-refractivity contribution in [1.29, 1.82) is 0 Å². The molecular weight excluding hydrogens is 255 g/mol. The first-order valence-electron chi connectivity index (χ1n) is 6.51. The third-order valence-corrected chi connectivity index (χ3v) is 3.15. The molecule has 0 bridgehead atoms. The maximum atomic E-state index is 13.7. The summed E-state index contributed by atoms with van der Waals surface area (Å²) in [5, 5.41) is 3.15. The molecule has 0 fully saturated rings. The molecule has 0 saturated heterocycles. The molecule has 3 N–H and O–H groups in total. The number of benzene rings is 2. The molecule has 2 aromatic rings. The van der Waals surface area contributed by atoms with Crippen molar-refractivity contribution in [2.24, 2.45) is 5.73 Å². The van der Waals surface area contributed by atoms with E-state index < -0.39 is 5.91 Å². The molecule has 0 heterocycles. The Morgan fingerprint density at radius 3 is 2.75 bits per heavy atom. The molecule has 0 aliphatic rings. The fourth-order valence-corrected chi connectivity index (χ4v) is 1.96. The lowest BCUT2D eigenvalue weighted by molar-refractivity contribution is 0.1000. The molecule has 1 amide bonds. The number of aryl methyl sites for hydroxylation is 1. The lowest BCUT2D eigenvalue weighted by atomic mass is 10.1. The smallest absolute Gasteiger partial charge is 0.248 e. The SMILES string of the molecule is CCc1cccc(NCc2cc(C(N)=O)ccc2F)c1. The van der Waals surface area contributed by atoms with Crippen LogP contribution in [0.4, 0.5) is 10.1 Å². The average molecular weight is 272 g/mol. The zero-order valence-electron chi connectivity index (χ0n) is 11.3. The normalized spacial score (nSPS) is 10.3. The number of hydrogen-bond acceptors (Lipinski definition) is 2. The van der Waals surface area contributed by atoms with Crippen LogP contribution in [0.25, 0.3) is 0 Å². The van der Waals surface area contributed by atoms with Gasteiger partial charge >= 0.3 is 0 Å². The number of nitrogens with two attached hydrogens (primary N) is 1. The highest BCUT2D eigenvalue weighted by Gasteiger charge is 2.07. The first-order valence-corrected chi connectivity index (χ1v) is 6.51. The number of carbonyl (C=O) groups is 1. The second-order valence-electron chi connectivity index (χ2n) is 4.58. The number of rotatable bonds is 5. The Morgan fingerprint density at radius 1 is 1.25 bits per heavy atom. The number of anilines is 1. The van der Waals surface area contributed by atoms with Gasteiger partial charge in [-0.1, -0.05) is 19.1 Å². The van der Waals surface area contributed by atoms with Crippen molar-refractivity contribution in [1.82, 2.24) is 0 Å². The highest BCUT2D eigenvalue weighted by atomic mass is 19.1. The summed E-state index contributed by atoms with van der Waals surface area (Å²) in [4.78, 5) is 11.1. The molecule has 0 saturated carbocycles. The van der Waals surface area contributed by atoms with Crippen LogP contribution in [0.2, 0.25) is 0 Å². The Bertz CT molecular complexity index is 626. The Hall–Kier alpha value is -2.36. The van der Waals surface area contributed by atoms with Crippen molar-refractivity contribution in [3.05, 3.63) is 65.0 Å². The third kappa shape index (κ3) is 3.35. The summed E-state index contributed by atoms with van der Waals surface area (Å²) < 4.78 is 13.7. The van der Waals surface area contributed by atoms with E-state index in [0.29, 0.717) is 17.7 Å². The lowest BCUT2D eigenvalue weighted by Gasteiger charge is -2.09. The quantitative estimate of drug-likeness (QED) is 0.878. The Morgan fingerprint density at radius 2 is 2.05 bits per heavy atom. The summed E-state index contributed by atoms with van der Waals surface area (Å²) >= 11 is 0. The number of halogens is 1. The van der Waals surface area contributed by atoms with Gasteiger partial charge in [-0.05, 0) is 42.3 Å². The monoisotopic (exact) mass is 272 g/mol. The van der Waals surface area contributed by atoms with Gasteiger partial charge in [0, 0.05) is 23.4 Å². The molecule has 0 aliphatic heterocycles. The second kappa shape index (κ2) is 6.19. The highest BCUT2D eigenvalue weighted by Crippen LogP contribution is 2.15. The molecule has 4 heteroatoms. The molecule has 0 aromatic heterocycles. The zero-order valence-corrected chi connectivity index (χ0v) is 11.3. The van der Waals surface area contributed by atoms with Crippen LogP contribution in [0.3, 0.4) is 0 Å². The Balaban J connectivity index is 2.13. The number of carbonyl (C=O) groups excluding carboxylic acids is 1. The van der Waals surface area contributed by atoms with E-state index in [-0.39, 0.29) is 5.82 Å². The fourth-order valence-electron chi connectivity index (χ4n) is 1.96. The topological polar surface area (TPSA) is 55.1 Å². The molecule has 104 valence electrons. The minimum Gasteiger partial charge on any atom is -0.381 e. The highest BCUT2D eigenvalue weighted by molar-refractivity contribution is 5.92. The molecule has 2 aromatic carbocycles. The van der Waals surface area contributed by atoms with Crippen LogP contribution >= 0.6 is 0 Å². The van der Waals surface area contributed by atoms with E-state index in [2.05, 4.69) is 12.2 Å². The van der Waals surface area contributed by atoms with E-state index in [1.165, 1.54) is 23.8 Å². The van der Waals surface area contributed by atoms with Crippen molar-refractivity contribution in [2.75, 3.05) is 5.32 Å². The first kappa shape index (κ1) is 14.1. The van der Waals surface area contributed by atoms with Gasteiger partial charge in [0.05, 0.1) is 0 Å². The van der Waals surface area contributed by atoms with Crippen LogP contribution in [-0.4, -0.2) is 5.91 Å². The van der Waals surface area contributed by atoms with Gasteiger partial charge in [-0.25, -0.2) is 4.39 Å².